The predicted molar refractivity (Wildman–Crippen MR) is 58.4 cm³/mol. The third kappa shape index (κ3) is 2.10. The monoisotopic (exact) mass is 256 g/mol. The highest BCUT2D eigenvalue weighted by molar-refractivity contribution is 9.10. The third-order valence-corrected chi connectivity index (χ3v) is 3.00. The number of benzene rings is 1. The lowest BCUT2D eigenvalue weighted by Crippen LogP contribution is -1.99. The standard InChI is InChI=1S/C11H13BrO2/c1-14-10-5-8(4-9(12)6-10)11(13)7-2-3-7/h4-7,11,13H,2-3H2,1H3. The van der Waals surface area contributed by atoms with E-state index in [1.54, 1.807) is 7.11 Å². The lowest BCUT2D eigenvalue weighted by molar-refractivity contribution is 0.153. The van der Waals surface area contributed by atoms with Gasteiger partial charge in [0.1, 0.15) is 5.75 Å². The summed E-state index contributed by atoms with van der Waals surface area (Å²) >= 11 is 3.40. The first-order chi connectivity index (χ1) is 6.70. The molecule has 0 bridgehead atoms. The van der Waals surface area contributed by atoms with Crippen molar-refractivity contribution in [3.05, 3.63) is 28.2 Å². The summed E-state index contributed by atoms with van der Waals surface area (Å²) in [5, 5.41) is 9.93. The van der Waals surface area contributed by atoms with E-state index >= 15 is 0 Å². The Kier molecular flexibility index (Phi) is 2.79. The highest BCUT2D eigenvalue weighted by Crippen LogP contribution is 2.42. The Bertz CT molecular complexity index is 334. The van der Waals surface area contributed by atoms with E-state index in [1.807, 2.05) is 18.2 Å². The molecule has 2 rings (SSSR count). The van der Waals surface area contributed by atoms with E-state index < -0.39 is 0 Å². The van der Waals surface area contributed by atoms with Gasteiger partial charge in [-0.25, -0.2) is 0 Å². The van der Waals surface area contributed by atoms with Crippen molar-refractivity contribution in [3.63, 3.8) is 0 Å². The number of aliphatic hydroxyl groups excluding tert-OH is 1. The summed E-state index contributed by atoms with van der Waals surface area (Å²) in [6.07, 6.45) is 1.94. The van der Waals surface area contributed by atoms with Gasteiger partial charge in [-0.1, -0.05) is 15.9 Å². The summed E-state index contributed by atoms with van der Waals surface area (Å²) in [5.74, 6) is 1.24. The second kappa shape index (κ2) is 3.91. The van der Waals surface area contributed by atoms with Crippen molar-refractivity contribution in [2.45, 2.75) is 18.9 Å². The van der Waals surface area contributed by atoms with E-state index in [2.05, 4.69) is 15.9 Å². The molecule has 1 unspecified atom stereocenters. The van der Waals surface area contributed by atoms with Gasteiger partial charge in [0.2, 0.25) is 0 Å². The molecule has 0 aromatic heterocycles. The zero-order valence-corrected chi connectivity index (χ0v) is 9.62. The van der Waals surface area contributed by atoms with E-state index in [4.69, 9.17) is 4.74 Å². The van der Waals surface area contributed by atoms with Gasteiger partial charge in [0.05, 0.1) is 13.2 Å². The van der Waals surface area contributed by atoms with Crippen LogP contribution < -0.4 is 4.74 Å². The molecule has 1 aromatic carbocycles. The molecule has 0 spiro atoms. The van der Waals surface area contributed by atoms with Crippen molar-refractivity contribution in [2.24, 2.45) is 5.92 Å². The molecule has 1 aliphatic carbocycles. The van der Waals surface area contributed by atoms with Crippen LogP contribution in [0.2, 0.25) is 0 Å². The number of ether oxygens (including phenoxy) is 1. The van der Waals surface area contributed by atoms with Crippen LogP contribution >= 0.6 is 15.9 Å². The first-order valence-electron chi connectivity index (χ1n) is 4.73. The SMILES string of the molecule is COc1cc(Br)cc(C(O)C2CC2)c1. The molecule has 76 valence electrons. The molecule has 0 amide bonds. The van der Waals surface area contributed by atoms with Crippen LogP contribution in [-0.2, 0) is 0 Å². The zero-order valence-electron chi connectivity index (χ0n) is 8.03. The molecule has 1 fully saturated rings. The smallest absolute Gasteiger partial charge is 0.120 e. The number of hydrogen-bond acceptors (Lipinski definition) is 2. The number of hydrogen-bond donors (Lipinski definition) is 1. The summed E-state index contributed by atoms with van der Waals surface area (Å²) in [6, 6.07) is 5.74. The topological polar surface area (TPSA) is 29.5 Å². The summed E-state index contributed by atoms with van der Waals surface area (Å²) in [7, 11) is 1.63. The number of rotatable bonds is 3. The fourth-order valence-corrected chi connectivity index (χ4v) is 2.05. The highest BCUT2D eigenvalue weighted by atomic mass is 79.9. The normalized spacial score (nSPS) is 17.9. The predicted octanol–water partition coefficient (Wildman–Crippen LogP) is 2.90. The van der Waals surface area contributed by atoms with Crippen molar-refractivity contribution >= 4 is 15.9 Å². The Morgan fingerprint density at radius 3 is 2.71 bits per heavy atom. The van der Waals surface area contributed by atoms with Crippen molar-refractivity contribution in [3.8, 4) is 5.75 Å². The van der Waals surface area contributed by atoms with Crippen LogP contribution in [0.15, 0.2) is 22.7 Å². The number of aliphatic hydroxyl groups is 1. The fraction of sp³-hybridized carbons (Fsp3) is 0.455. The van der Waals surface area contributed by atoms with E-state index in [9.17, 15) is 5.11 Å². The molecule has 0 heterocycles. The van der Waals surface area contributed by atoms with E-state index in [-0.39, 0.29) is 6.10 Å². The van der Waals surface area contributed by atoms with Crippen LogP contribution in [0, 0.1) is 5.92 Å². The van der Waals surface area contributed by atoms with Gasteiger partial charge < -0.3 is 9.84 Å². The largest absolute Gasteiger partial charge is 0.497 e. The maximum Gasteiger partial charge on any atom is 0.120 e. The molecule has 1 aromatic rings. The molecule has 1 atom stereocenters. The van der Waals surface area contributed by atoms with Gasteiger partial charge in [-0.3, -0.25) is 0 Å². The van der Waals surface area contributed by atoms with Crippen LogP contribution in [0.5, 0.6) is 5.75 Å². The summed E-state index contributed by atoms with van der Waals surface area (Å²) in [5.41, 5.74) is 0.943. The molecular formula is C11H13BrO2. The Labute approximate surface area is 92.0 Å². The third-order valence-electron chi connectivity index (χ3n) is 2.54. The summed E-state index contributed by atoms with van der Waals surface area (Å²) < 4.78 is 6.10. The molecule has 0 saturated heterocycles. The van der Waals surface area contributed by atoms with Crippen molar-refractivity contribution in [1.82, 2.24) is 0 Å². The molecule has 1 N–H and O–H groups in total. The Balaban J connectivity index is 2.27. The Morgan fingerprint density at radius 1 is 1.43 bits per heavy atom. The van der Waals surface area contributed by atoms with E-state index in [0.717, 1.165) is 28.6 Å². The van der Waals surface area contributed by atoms with Gasteiger partial charge >= 0.3 is 0 Å². The lowest BCUT2D eigenvalue weighted by atomic mass is 10.1. The maximum absolute atomic E-state index is 9.93. The van der Waals surface area contributed by atoms with Gasteiger partial charge in [-0.2, -0.15) is 0 Å². The Morgan fingerprint density at radius 2 is 2.14 bits per heavy atom. The minimum atomic E-state index is -0.332. The minimum absolute atomic E-state index is 0.332. The first kappa shape index (κ1) is 9.99. The van der Waals surface area contributed by atoms with Crippen LogP contribution in [-0.4, -0.2) is 12.2 Å². The Hall–Kier alpha value is -0.540. The number of methoxy groups -OCH3 is 1. The van der Waals surface area contributed by atoms with Gasteiger partial charge in [0.25, 0.3) is 0 Å². The van der Waals surface area contributed by atoms with Crippen LogP contribution in [0.25, 0.3) is 0 Å². The van der Waals surface area contributed by atoms with Gasteiger partial charge in [-0.05, 0) is 42.5 Å². The molecule has 14 heavy (non-hydrogen) atoms. The van der Waals surface area contributed by atoms with Crippen LogP contribution in [0.1, 0.15) is 24.5 Å². The zero-order chi connectivity index (χ0) is 10.1. The molecular weight excluding hydrogens is 244 g/mol. The quantitative estimate of drug-likeness (QED) is 0.902. The molecule has 0 radical (unpaired) electrons. The van der Waals surface area contributed by atoms with Crippen molar-refractivity contribution in [2.75, 3.05) is 7.11 Å². The van der Waals surface area contributed by atoms with Gasteiger partial charge in [-0.15, -0.1) is 0 Å². The van der Waals surface area contributed by atoms with Crippen molar-refractivity contribution in [1.29, 1.82) is 0 Å². The van der Waals surface area contributed by atoms with Crippen LogP contribution in [0.3, 0.4) is 0 Å². The second-order valence-corrected chi connectivity index (χ2v) is 4.62. The summed E-state index contributed by atoms with van der Waals surface area (Å²) in [6.45, 7) is 0. The molecule has 3 heteroatoms. The average molecular weight is 257 g/mol. The van der Waals surface area contributed by atoms with E-state index in [1.165, 1.54) is 0 Å². The number of halogens is 1. The summed E-state index contributed by atoms with van der Waals surface area (Å²) in [4.78, 5) is 0. The maximum atomic E-state index is 9.93. The minimum Gasteiger partial charge on any atom is -0.497 e. The molecule has 0 aliphatic heterocycles. The molecule has 1 aliphatic rings. The molecule has 1 saturated carbocycles. The molecule has 2 nitrogen and oxygen atoms in total. The fourth-order valence-electron chi connectivity index (χ4n) is 1.56. The van der Waals surface area contributed by atoms with Crippen molar-refractivity contribution < 1.29 is 9.84 Å². The average Bonchev–Trinajstić information content (AvgIpc) is 2.99. The van der Waals surface area contributed by atoms with Gasteiger partial charge in [0.15, 0.2) is 0 Å². The van der Waals surface area contributed by atoms with E-state index in [0.29, 0.717) is 5.92 Å². The first-order valence-corrected chi connectivity index (χ1v) is 5.52. The lowest BCUT2D eigenvalue weighted by Gasteiger charge is -2.11. The highest BCUT2D eigenvalue weighted by Gasteiger charge is 2.31. The second-order valence-electron chi connectivity index (χ2n) is 3.71. The van der Waals surface area contributed by atoms with Crippen LogP contribution in [0.4, 0.5) is 0 Å². The van der Waals surface area contributed by atoms with Gasteiger partial charge in [0, 0.05) is 4.47 Å².